The minimum atomic E-state index is -2.91. The molecule has 0 bridgehead atoms. The van der Waals surface area contributed by atoms with Crippen molar-refractivity contribution in [2.24, 2.45) is 16.3 Å². The minimum Gasteiger partial charge on any atom is -0.356 e. The Morgan fingerprint density at radius 2 is 1.88 bits per heavy atom. The van der Waals surface area contributed by atoms with E-state index < -0.39 is 9.84 Å². The van der Waals surface area contributed by atoms with Crippen molar-refractivity contribution < 1.29 is 8.42 Å². The number of guanidine groups is 1. The molecule has 0 amide bonds. The van der Waals surface area contributed by atoms with E-state index in [1.807, 2.05) is 0 Å². The number of aliphatic imine (C=N–C) groups is 1. The molecule has 0 aromatic heterocycles. The Hall–Kier alpha value is -0.820. The smallest absolute Gasteiger partial charge is 0.190 e. The topological polar surface area (TPSA) is 73.8 Å². The van der Waals surface area contributed by atoms with Gasteiger partial charge in [0.25, 0.3) is 0 Å². The summed E-state index contributed by atoms with van der Waals surface area (Å²) in [6.45, 7) is 11.7. The predicted octanol–water partition coefficient (Wildman–Crippen LogP) is 1.73. The van der Waals surface area contributed by atoms with Gasteiger partial charge in [0.1, 0.15) is 9.84 Å². The molecular weight excluding hydrogens is 336 g/mol. The number of piperidine rings is 1. The Kier molecular flexibility index (Phi) is 9.21. The van der Waals surface area contributed by atoms with Crippen LogP contribution in [0.2, 0.25) is 0 Å². The minimum absolute atomic E-state index is 0.0921. The average molecular weight is 375 g/mol. The molecule has 2 N–H and O–H groups in total. The van der Waals surface area contributed by atoms with Crippen LogP contribution in [0.4, 0.5) is 0 Å². The molecule has 7 heteroatoms. The number of sulfone groups is 1. The van der Waals surface area contributed by atoms with Crippen LogP contribution in [-0.4, -0.2) is 71.1 Å². The van der Waals surface area contributed by atoms with Crippen molar-refractivity contribution in [3.05, 3.63) is 0 Å². The molecule has 0 spiro atoms. The third-order valence-electron chi connectivity index (χ3n) is 4.93. The highest BCUT2D eigenvalue weighted by atomic mass is 32.2. The molecule has 1 heterocycles. The SMILES string of the molecule is CN=C(NCCCN1CCC(C)CC1)NCC(C)(C)CCS(C)(=O)=O. The maximum Gasteiger partial charge on any atom is 0.190 e. The number of hydrogen-bond donors (Lipinski definition) is 2. The second-order valence-electron chi connectivity index (χ2n) is 8.27. The predicted molar refractivity (Wildman–Crippen MR) is 107 cm³/mol. The van der Waals surface area contributed by atoms with E-state index in [0.29, 0.717) is 13.0 Å². The van der Waals surface area contributed by atoms with Gasteiger partial charge in [0.15, 0.2) is 5.96 Å². The fourth-order valence-electron chi connectivity index (χ4n) is 2.89. The van der Waals surface area contributed by atoms with E-state index in [-0.39, 0.29) is 11.2 Å². The van der Waals surface area contributed by atoms with E-state index >= 15 is 0 Å². The molecule has 0 aromatic rings. The lowest BCUT2D eigenvalue weighted by atomic mass is 9.90. The van der Waals surface area contributed by atoms with E-state index in [9.17, 15) is 8.42 Å². The largest absolute Gasteiger partial charge is 0.356 e. The molecule has 1 aliphatic rings. The average Bonchev–Trinajstić information content (AvgIpc) is 2.53. The molecule has 0 atom stereocenters. The Morgan fingerprint density at radius 3 is 2.44 bits per heavy atom. The highest BCUT2D eigenvalue weighted by Crippen LogP contribution is 2.19. The van der Waals surface area contributed by atoms with Crippen LogP contribution in [0.1, 0.15) is 46.5 Å². The normalized spacial score (nSPS) is 18.4. The van der Waals surface area contributed by atoms with E-state index in [1.54, 1.807) is 7.05 Å². The quantitative estimate of drug-likeness (QED) is 0.365. The van der Waals surface area contributed by atoms with Crippen LogP contribution in [0.25, 0.3) is 0 Å². The molecule has 148 valence electrons. The number of hydrogen-bond acceptors (Lipinski definition) is 4. The molecule has 1 fully saturated rings. The summed E-state index contributed by atoms with van der Waals surface area (Å²) in [4.78, 5) is 6.80. The Labute approximate surface area is 154 Å². The fraction of sp³-hybridized carbons (Fsp3) is 0.944. The fourth-order valence-corrected chi connectivity index (χ4v) is 3.81. The zero-order chi connectivity index (χ0) is 18.9. The van der Waals surface area contributed by atoms with E-state index in [1.165, 1.54) is 32.2 Å². The van der Waals surface area contributed by atoms with Gasteiger partial charge in [-0.25, -0.2) is 8.42 Å². The van der Waals surface area contributed by atoms with Crippen LogP contribution >= 0.6 is 0 Å². The Morgan fingerprint density at radius 1 is 1.24 bits per heavy atom. The van der Waals surface area contributed by atoms with Crippen LogP contribution in [-0.2, 0) is 9.84 Å². The highest BCUT2D eigenvalue weighted by molar-refractivity contribution is 7.90. The Bertz CT molecular complexity index is 509. The highest BCUT2D eigenvalue weighted by Gasteiger charge is 2.20. The third kappa shape index (κ3) is 10.7. The van der Waals surface area contributed by atoms with E-state index in [4.69, 9.17) is 0 Å². The Balaban J connectivity index is 2.21. The van der Waals surface area contributed by atoms with Gasteiger partial charge in [-0.15, -0.1) is 0 Å². The van der Waals surface area contributed by atoms with Crippen LogP contribution in [0.15, 0.2) is 4.99 Å². The molecular formula is C18H38N4O2S. The first kappa shape index (κ1) is 22.2. The first-order chi connectivity index (χ1) is 11.6. The number of likely N-dealkylation sites (tertiary alicyclic amines) is 1. The molecule has 0 saturated carbocycles. The van der Waals surface area contributed by atoms with Gasteiger partial charge in [-0.05, 0) is 56.7 Å². The molecule has 1 aliphatic heterocycles. The van der Waals surface area contributed by atoms with Crippen molar-refractivity contribution >= 4 is 15.8 Å². The molecule has 6 nitrogen and oxygen atoms in total. The number of nitrogens with zero attached hydrogens (tertiary/aromatic N) is 2. The van der Waals surface area contributed by atoms with Gasteiger partial charge in [0.05, 0.1) is 5.75 Å². The van der Waals surface area contributed by atoms with E-state index in [0.717, 1.165) is 31.4 Å². The summed E-state index contributed by atoms with van der Waals surface area (Å²) in [5.74, 6) is 1.89. The summed E-state index contributed by atoms with van der Waals surface area (Å²) < 4.78 is 22.7. The van der Waals surface area contributed by atoms with Crippen molar-refractivity contribution in [3.63, 3.8) is 0 Å². The zero-order valence-corrected chi connectivity index (χ0v) is 17.6. The van der Waals surface area contributed by atoms with Crippen LogP contribution in [0.5, 0.6) is 0 Å². The summed E-state index contributed by atoms with van der Waals surface area (Å²) in [5.41, 5.74) is -0.0921. The van der Waals surface area contributed by atoms with Gasteiger partial charge >= 0.3 is 0 Å². The van der Waals surface area contributed by atoms with Crippen molar-refractivity contribution in [1.82, 2.24) is 15.5 Å². The summed E-state index contributed by atoms with van der Waals surface area (Å²) in [7, 11) is -1.14. The molecule has 0 radical (unpaired) electrons. The summed E-state index contributed by atoms with van der Waals surface area (Å²) in [5, 5.41) is 6.68. The van der Waals surface area contributed by atoms with E-state index in [2.05, 4.69) is 41.3 Å². The van der Waals surface area contributed by atoms with Gasteiger partial charge in [-0.2, -0.15) is 0 Å². The monoisotopic (exact) mass is 374 g/mol. The molecule has 25 heavy (non-hydrogen) atoms. The maximum absolute atomic E-state index is 11.3. The number of nitrogens with one attached hydrogen (secondary N) is 2. The van der Waals surface area contributed by atoms with Crippen molar-refractivity contribution in [3.8, 4) is 0 Å². The lowest BCUT2D eigenvalue weighted by Gasteiger charge is -2.30. The second kappa shape index (κ2) is 10.4. The lowest BCUT2D eigenvalue weighted by molar-refractivity contribution is 0.191. The van der Waals surface area contributed by atoms with Crippen molar-refractivity contribution in [2.45, 2.75) is 46.5 Å². The summed E-state index contributed by atoms with van der Waals surface area (Å²) in [6, 6.07) is 0. The first-order valence-corrected chi connectivity index (χ1v) is 11.5. The van der Waals surface area contributed by atoms with Crippen LogP contribution in [0, 0.1) is 11.3 Å². The van der Waals surface area contributed by atoms with Crippen LogP contribution < -0.4 is 10.6 Å². The second-order valence-corrected chi connectivity index (χ2v) is 10.5. The van der Waals surface area contributed by atoms with Gasteiger partial charge in [-0.1, -0.05) is 20.8 Å². The van der Waals surface area contributed by atoms with Crippen LogP contribution in [0.3, 0.4) is 0 Å². The van der Waals surface area contributed by atoms with Gasteiger partial charge in [0, 0.05) is 26.4 Å². The van der Waals surface area contributed by atoms with Crippen molar-refractivity contribution in [1.29, 1.82) is 0 Å². The first-order valence-electron chi connectivity index (χ1n) is 9.46. The van der Waals surface area contributed by atoms with Gasteiger partial charge in [-0.3, -0.25) is 4.99 Å². The zero-order valence-electron chi connectivity index (χ0n) is 16.8. The molecule has 1 saturated heterocycles. The molecule has 1 rings (SSSR count). The standard InChI is InChI=1S/C18H38N4O2S/c1-16-7-12-22(13-8-16)11-6-10-20-17(19-4)21-15-18(2,3)9-14-25(5,23)24/h16H,6-15H2,1-5H3,(H2,19,20,21). The number of rotatable bonds is 9. The third-order valence-corrected chi connectivity index (χ3v) is 5.87. The maximum atomic E-state index is 11.3. The molecule has 0 aliphatic carbocycles. The van der Waals surface area contributed by atoms with Gasteiger partial charge in [0.2, 0.25) is 0 Å². The summed E-state index contributed by atoms with van der Waals surface area (Å²) >= 11 is 0. The lowest BCUT2D eigenvalue weighted by Crippen LogP contribution is -2.43. The van der Waals surface area contributed by atoms with Crippen molar-refractivity contribution in [2.75, 3.05) is 51.8 Å². The molecule has 0 unspecified atom stereocenters. The summed E-state index contributed by atoms with van der Waals surface area (Å²) in [6.07, 6.45) is 5.67. The van der Waals surface area contributed by atoms with Gasteiger partial charge < -0.3 is 15.5 Å². The molecule has 0 aromatic carbocycles.